The fourth-order valence-corrected chi connectivity index (χ4v) is 2.18. The molecular weight excluding hydrogens is 206 g/mol. The van der Waals surface area contributed by atoms with Crippen LogP contribution >= 0.6 is 0 Å². The Morgan fingerprint density at radius 2 is 2.44 bits per heavy atom. The summed E-state index contributed by atoms with van der Waals surface area (Å²) in [4.78, 5) is 0. The van der Waals surface area contributed by atoms with E-state index in [1.165, 1.54) is 0 Å². The van der Waals surface area contributed by atoms with Crippen LogP contribution in [0.3, 0.4) is 0 Å². The summed E-state index contributed by atoms with van der Waals surface area (Å²) in [5.74, 6) is 0.943. The van der Waals surface area contributed by atoms with Crippen molar-refractivity contribution in [2.75, 3.05) is 26.4 Å². The van der Waals surface area contributed by atoms with Gasteiger partial charge < -0.3 is 19.6 Å². The second-order valence-corrected chi connectivity index (χ2v) is 4.46. The quantitative estimate of drug-likeness (QED) is 0.762. The molecule has 1 fully saturated rings. The van der Waals surface area contributed by atoms with E-state index in [1.807, 2.05) is 12.1 Å². The van der Waals surface area contributed by atoms with Crippen molar-refractivity contribution in [1.29, 1.82) is 0 Å². The van der Waals surface area contributed by atoms with Crippen LogP contribution in [0.15, 0.2) is 22.8 Å². The van der Waals surface area contributed by atoms with Crippen LogP contribution in [0, 0.1) is 5.41 Å². The SMILES string of the molecule is OCCC1(CNCc2ccco2)CCOC1. The largest absolute Gasteiger partial charge is 0.468 e. The third kappa shape index (κ3) is 2.84. The molecular formula is C12H19NO3. The molecule has 1 aliphatic heterocycles. The lowest BCUT2D eigenvalue weighted by Crippen LogP contribution is -2.35. The van der Waals surface area contributed by atoms with Gasteiger partial charge in [0, 0.05) is 25.2 Å². The topological polar surface area (TPSA) is 54.6 Å². The van der Waals surface area contributed by atoms with Gasteiger partial charge in [0.25, 0.3) is 0 Å². The molecule has 1 saturated heterocycles. The Morgan fingerprint density at radius 3 is 3.06 bits per heavy atom. The van der Waals surface area contributed by atoms with Crippen molar-refractivity contribution in [3.63, 3.8) is 0 Å². The maximum atomic E-state index is 9.07. The number of hydrogen-bond acceptors (Lipinski definition) is 4. The molecule has 0 saturated carbocycles. The molecule has 2 rings (SSSR count). The minimum atomic E-state index is 0.112. The van der Waals surface area contributed by atoms with Crippen LogP contribution in [-0.2, 0) is 11.3 Å². The number of aliphatic hydroxyl groups excluding tert-OH is 1. The molecule has 1 atom stereocenters. The fraction of sp³-hybridized carbons (Fsp3) is 0.667. The Morgan fingerprint density at radius 1 is 1.50 bits per heavy atom. The average molecular weight is 225 g/mol. The minimum absolute atomic E-state index is 0.112. The van der Waals surface area contributed by atoms with E-state index in [0.717, 1.165) is 44.9 Å². The second-order valence-electron chi connectivity index (χ2n) is 4.46. The zero-order valence-corrected chi connectivity index (χ0v) is 9.45. The fourth-order valence-electron chi connectivity index (χ4n) is 2.18. The second kappa shape index (κ2) is 5.48. The van der Waals surface area contributed by atoms with Gasteiger partial charge in [-0.1, -0.05) is 0 Å². The van der Waals surface area contributed by atoms with Crippen molar-refractivity contribution in [2.24, 2.45) is 5.41 Å². The van der Waals surface area contributed by atoms with Crippen molar-refractivity contribution in [3.8, 4) is 0 Å². The van der Waals surface area contributed by atoms with Crippen LogP contribution in [-0.4, -0.2) is 31.5 Å². The third-order valence-corrected chi connectivity index (χ3v) is 3.21. The van der Waals surface area contributed by atoms with Crippen molar-refractivity contribution in [2.45, 2.75) is 19.4 Å². The monoisotopic (exact) mass is 225 g/mol. The van der Waals surface area contributed by atoms with Crippen molar-refractivity contribution >= 4 is 0 Å². The Hall–Kier alpha value is -0.840. The van der Waals surface area contributed by atoms with Gasteiger partial charge in [0.2, 0.25) is 0 Å². The van der Waals surface area contributed by atoms with Crippen LogP contribution in [0.2, 0.25) is 0 Å². The van der Waals surface area contributed by atoms with E-state index >= 15 is 0 Å². The number of rotatable bonds is 6. The normalized spacial score (nSPS) is 25.1. The number of hydrogen-bond donors (Lipinski definition) is 2. The first-order chi connectivity index (χ1) is 7.85. The highest BCUT2D eigenvalue weighted by Crippen LogP contribution is 2.31. The summed E-state index contributed by atoms with van der Waals surface area (Å²) < 4.78 is 10.7. The molecule has 2 N–H and O–H groups in total. The van der Waals surface area contributed by atoms with Crippen LogP contribution < -0.4 is 5.32 Å². The highest BCUT2D eigenvalue weighted by atomic mass is 16.5. The van der Waals surface area contributed by atoms with Gasteiger partial charge in [0.1, 0.15) is 5.76 Å². The molecule has 0 aromatic carbocycles. The summed E-state index contributed by atoms with van der Waals surface area (Å²) in [6.45, 7) is 3.39. The lowest BCUT2D eigenvalue weighted by molar-refractivity contribution is 0.124. The van der Waals surface area contributed by atoms with Crippen LogP contribution in [0.4, 0.5) is 0 Å². The molecule has 1 unspecified atom stereocenters. The molecule has 1 aromatic heterocycles. The molecule has 0 bridgehead atoms. The lowest BCUT2D eigenvalue weighted by Gasteiger charge is -2.26. The first kappa shape index (κ1) is 11.6. The molecule has 2 heterocycles. The van der Waals surface area contributed by atoms with E-state index < -0.39 is 0 Å². The van der Waals surface area contributed by atoms with Crippen LogP contribution in [0.1, 0.15) is 18.6 Å². The molecule has 0 amide bonds. The van der Waals surface area contributed by atoms with E-state index in [9.17, 15) is 0 Å². The van der Waals surface area contributed by atoms with Gasteiger partial charge in [-0.05, 0) is 25.0 Å². The average Bonchev–Trinajstić information content (AvgIpc) is 2.90. The molecule has 1 aliphatic rings. The summed E-state index contributed by atoms with van der Waals surface area (Å²) in [7, 11) is 0. The van der Waals surface area contributed by atoms with Crippen molar-refractivity contribution < 1.29 is 14.3 Å². The molecule has 1 aromatic rings. The molecule has 4 heteroatoms. The highest BCUT2D eigenvalue weighted by molar-refractivity contribution is 4.98. The summed E-state index contributed by atoms with van der Waals surface area (Å²) in [5, 5.41) is 12.4. The highest BCUT2D eigenvalue weighted by Gasteiger charge is 2.33. The van der Waals surface area contributed by atoms with Gasteiger partial charge in [-0.2, -0.15) is 0 Å². The number of furan rings is 1. The first-order valence-corrected chi connectivity index (χ1v) is 5.76. The molecule has 4 nitrogen and oxygen atoms in total. The summed E-state index contributed by atoms with van der Waals surface area (Å²) in [5.41, 5.74) is 0.112. The Labute approximate surface area is 95.6 Å². The van der Waals surface area contributed by atoms with Crippen LogP contribution in [0.5, 0.6) is 0 Å². The Kier molecular flexibility index (Phi) is 3.98. The maximum absolute atomic E-state index is 9.07. The van der Waals surface area contributed by atoms with E-state index in [-0.39, 0.29) is 12.0 Å². The van der Waals surface area contributed by atoms with Crippen LogP contribution in [0.25, 0.3) is 0 Å². The zero-order valence-electron chi connectivity index (χ0n) is 9.45. The Balaban J connectivity index is 1.78. The molecule has 16 heavy (non-hydrogen) atoms. The van der Waals surface area contributed by atoms with Gasteiger partial charge in [0.15, 0.2) is 0 Å². The Bertz CT molecular complexity index is 291. The number of aliphatic hydroxyl groups is 1. The molecule has 90 valence electrons. The zero-order chi connectivity index (χ0) is 11.3. The molecule has 0 spiro atoms. The van der Waals surface area contributed by atoms with Gasteiger partial charge >= 0.3 is 0 Å². The predicted molar refractivity (Wildman–Crippen MR) is 60.0 cm³/mol. The molecule has 0 radical (unpaired) electrons. The molecule has 0 aliphatic carbocycles. The standard InChI is InChI=1S/C12H19NO3/c14-5-3-12(4-7-15-10-12)9-13-8-11-2-1-6-16-11/h1-2,6,13-14H,3-5,7-10H2. The van der Waals surface area contributed by atoms with E-state index in [4.69, 9.17) is 14.3 Å². The minimum Gasteiger partial charge on any atom is -0.468 e. The first-order valence-electron chi connectivity index (χ1n) is 5.76. The number of ether oxygens (including phenoxy) is 1. The van der Waals surface area contributed by atoms with Gasteiger partial charge in [-0.15, -0.1) is 0 Å². The smallest absolute Gasteiger partial charge is 0.117 e. The van der Waals surface area contributed by atoms with Gasteiger partial charge in [-0.3, -0.25) is 0 Å². The summed E-state index contributed by atoms with van der Waals surface area (Å²) in [6, 6.07) is 3.84. The van der Waals surface area contributed by atoms with E-state index in [0.29, 0.717) is 0 Å². The predicted octanol–water partition coefficient (Wildman–Crippen LogP) is 1.16. The van der Waals surface area contributed by atoms with Crippen molar-refractivity contribution in [3.05, 3.63) is 24.2 Å². The summed E-state index contributed by atoms with van der Waals surface area (Å²) in [6.07, 6.45) is 3.51. The van der Waals surface area contributed by atoms with E-state index in [2.05, 4.69) is 5.32 Å². The van der Waals surface area contributed by atoms with E-state index in [1.54, 1.807) is 6.26 Å². The van der Waals surface area contributed by atoms with Gasteiger partial charge in [0.05, 0.1) is 19.4 Å². The number of nitrogens with one attached hydrogen (secondary N) is 1. The lowest BCUT2D eigenvalue weighted by atomic mass is 9.84. The summed E-state index contributed by atoms with van der Waals surface area (Å²) >= 11 is 0. The third-order valence-electron chi connectivity index (χ3n) is 3.21. The maximum Gasteiger partial charge on any atom is 0.117 e. The van der Waals surface area contributed by atoms with Crippen molar-refractivity contribution in [1.82, 2.24) is 5.32 Å². The van der Waals surface area contributed by atoms with Gasteiger partial charge in [-0.25, -0.2) is 0 Å².